The van der Waals surface area contributed by atoms with Crippen LogP contribution in [0.3, 0.4) is 0 Å². The van der Waals surface area contributed by atoms with E-state index in [4.69, 9.17) is 27.9 Å². The van der Waals surface area contributed by atoms with E-state index in [1.807, 2.05) is 12.1 Å². The number of morpholine rings is 1. The molecule has 1 fully saturated rings. The fraction of sp³-hybridized carbons (Fsp3) is 0.435. The lowest BCUT2D eigenvalue weighted by Gasteiger charge is -2.30. The van der Waals surface area contributed by atoms with Crippen molar-refractivity contribution in [2.75, 3.05) is 36.9 Å². The number of sulfonamides is 1. The van der Waals surface area contributed by atoms with Crippen LogP contribution in [0.4, 0.5) is 5.69 Å². The summed E-state index contributed by atoms with van der Waals surface area (Å²) in [4.78, 5) is 15.4. The quantitative estimate of drug-likeness (QED) is 0.553. The molecule has 0 saturated carbocycles. The second-order valence-electron chi connectivity index (χ2n) is 8.04. The molecule has 3 rings (SSSR count). The number of hydrogen-bond acceptors (Lipinski definition) is 5. The van der Waals surface area contributed by atoms with Gasteiger partial charge in [0.05, 0.1) is 25.2 Å². The molecule has 7 nitrogen and oxygen atoms in total. The predicted octanol–water partition coefficient (Wildman–Crippen LogP) is 3.69. The van der Waals surface area contributed by atoms with E-state index in [0.717, 1.165) is 54.5 Å². The summed E-state index contributed by atoms with van der Waals surface area (Å²) in [7, 11) is -3.77. The number of benzene rings is 2. The van der Waals surface area contributed by atoms with Gasteiger partial charge in [-0.15, -0.1) is 0 Å². The summed E-state index contributed by atoms with van der Waals surface area (Å²) in [5.41, 5.74) is 2.35. The highest BCUT2D eigenvalue weighted by Gasteiger charge is 2.31. The van der Waals surface area contributed by atoms with Crippen LogP contribution in [0.15, 0.2) is 42.5 Å². The van der Waals surface area contributed by atoms with Crippen LogP contribution in [0.2, 0.25) is 10.0 Å². The van der Waals surface area contributed by atoms with Gasteiger partial charge in [-0.3, -0.25) is 14.0 Å². The molecule has 2 aromatic rings. The standard InChI is InChI=1S/C23H29Cl2N3O4S/c1-3-22(28(33(2,30)31)21-13-19(24)12-20(25)14-21)23(29)26-15-17-5-4-6-18(11-17)16-27-7-9-32-10-8-27/h4-6,11-14,22H,3,7-10,15-16H2,1-2H3,(H,26,29)/t22-/m1/s1. The monoisotopic (exact) mass is 513 g/mol. The summed E-state index contributed by atoms with van der Waals surface area (Å²) >= 11 is 12.2. The number of carbonyl (C=O) groups excluding carboxylic acids is 1. The highest BCUT2D eigenvalue weighted by atomic mass is 35.5. The van der Waals surface area contributed by atoms with Crippen molar-refractivity contribution in [1.29, 1.82) is 0 Å². The van der Waals surface area contributed by atoms with Crippen LogP contribution in [0.25, 0.3) is 0 Å². The third kappa shape index (κ3) is 7.32. The zero-order valence-corrected chi connectivity index (χ0v) is 21.1. The van der Waals surface area contributed by atoms with Crippen LogP contribution in [-0.2, 0) is 32.6 Å². The fourth-order valence-electron chi connectivity index (χ4n) is 3.89. The Morgan fingerprint density at radius 2 is 1.76 bits per heavy atom. The normalized spacial score (nSPS) is 15.8. The van der Waals surface area contributed by atoms with E-state index in [0.29, 0.717) is 16.6 Å². The van der Waals surface area contributed by atoms with E-state index in [-0.39, 0.29) is 12.1 Å². The van der Waals surface area contributed by atoms with Crippen molar-refractivity contribution in [3.8, 4) is 0 Å². The minimum absolute atomic E-state index is 0.254. The van der Waals surface area contributed by atoms with Crippen LogP contribution in [-0.4, -0.2) is 57.8 Å². The molecule has 2 aromatic carbocycles. The van der Waals surface area contributed by atoms with Crippen molar-refractivity contribution in [1.82, 2.24) is 10.2 Å². The maximum atomic E-state index is 13.1. The largest absolute Gasteiger partial charge is 0.379 e. The number of nitrogens with one attached hydrogen (secondary N) is 1. The number of halogens is 2. The van der Waals surface area contributed by atoms with E-state index in [2.05, 4.69) is 22.3 Å². The van der Waals surface area contributed by atoms with Gasteiger partial charge in [0.25, 0.3) is 0 Å². The number of anilines is 1. The molecular formula is C23H29Cl2N3O4S. The fourth-order valence-corrected chi connectivity index (χ4v) is 5.60. The van der Waals surface area contributed by atoms with E-state index in [1.54, 1.807) is 6.92 Å². The van der Waals surface area contributed by atoms with Crippen LogP contribution in [0.5, 0.6) is 0 Å². The first-order chi connectivity index (χ1) is 15.7. The first-order valence-electron chi connectivity index (χ1n) is 10.8. The molecule has 33 heavy (non-hydrogen) atoms. The molecule has 0 aliphatic carbocycles. The van der Waals surface area contributed by atoms with E-state index in [1.165, 1.54) is 18.2 Å². The lowest BCUT2D eigenvalue weighted by Crippen LogP contribution is -2.49. The highest BCUT2D eigenvalue weighted by Crippen LogP contribution is 2.29. The molecule has 0 unspecified atom stereocenters. The van der Waals surface area contributed by atoms with Gasteiger partial charge in [-0.2, -0.15) is 0 Å². The maximum absolute atomic E-state index is 13.1. The second-order valence-corrected chi connectivity index (χ2v) is 10.8. The van der Waals surface area contributed by atoms with Crippen LogP contribution >= 0.6 is 23.2 Å². The zero-order valence-electron chi connectivity index (χ0n) is 18.8. The predicted molar refractivity (Wildman–Crippen MR) is 132 cm³/mol. The molecule has 0 bridgehead atoms. The highest BCUT2D eigenvalue weighted by molar-refractivity contribution is 7.92. The minimum atomic E-state index is -3.77. The Balaban J connectivity index is 1.72. The Hall–Kier alpha value is -1.84. The first-order valence-corrected chi connectivity index (χ1v) is 13.4. The Bertz CT molecular complexity index is 1050. The average molecular weight is 514 g/mol. The van der Waals surface area contributed by atoms with Crippen molar-refractivity contribution in [3.05, 3.63) is 63.6 Å². The van der Waals surface area contributed by atoms with Gasteiger partial charge in [0.15, 0.2) is 0 Å². The van der Waals surface area contributed by atoms with Gasteiger partial charge in [-0.05, 0) is 35.7 Å². The van der Waals surface area contributed by atoms with Crippen molar-refractivity contribution in [3.63, 3.8) is 0 Å². The topological polar surface area (TPSA) is 79.0 Å². The van der Waals surface area contributed by atoms with Gasteiger partial charge in [-0.1, -0.05) is 54.4 Å². The molecule has 1 aliphatic heterocycles. The summed E-state index contributed by atoms with van der Waals surface area (Å²) in [5, 5.41) is 3.47. The summed E-state index contributed by atoms with van der Waals surface area (Å²) in [6, 6.07) is 11.6. The third-order valence-electron chi connectivity index (χ3n) is 5.40. The number of carbonyl (C=O) groups is 1. The molecule has 0 aromatic heterocycles. The first kappa shape index (κ1) is 25.8. The molecular weight excluding hydrogens is 485 g/mol. The van der Waals surface area contributed by atoms with Gasteiger partial charge in [0.1, 0.15) is 6.04 Å². The van der Waals surface area contributed by atoms with Gasteiger partial charge >= 0.3 is 0 Å². The Morgan fingerprint density at radius 1 is 1.12 bits per heavy atom. The van der Waals surface area contributed by atoms with E-state index >= 15 is 0 Å². The molecule has 1 atom stereocenters. The molecule has 1 heterocycles. The Labute approximate surface area is 205 Å². The maximum Gasteiger partial charge on any atom is 0.244 e. The van der Waals surface area contributed by atoms with Gasteiger partial charge in [-0.25, -0.2) is 8.42 Å². The number of rotatable bonds is 9. The number of hydrogen-bond donors (Lipinski definition) is 1. The summed E-state index contributed by atoms with van der Waals surface area (Å²) in [5.74, 6) is -0.391. The molecule has 1 aliphatic rings. The van der Waals surface area contributed by atoms with Crippen molar-refractivity contribution < 1.29 is 17.9 Å². The number of nitrogens with zero attached hydrogens (tertiary/aromatic N) is 2. The summed E-state index contributed by atoms with van der Waals surface area (Å²) in [6.45, 7) is 6.14. The van der Waals surface area contributed by atoms with Crippen molar-refractivity contribution >= 4 is 44.8 Å². The number of ether oxygens (including phenoxy) is 1. The van der Waals surface area contributed by atoms with Gasteiger partial charge in [0.2, 0.25) is 15.9 Å². The average Bonchev–Trinajstić information content (AvgIpc) is 2.75. The molecule has 0 radical (unpaired) electrons. The van der Waals surface area contributed by atoms with Crippen molar-refractivity contribution in [2.45, 2.75) is 32.5 Å². The second kappa shape index (κ2) is 11.5. The third-order valence-corrected chi connectivity index (χ3v) is 7.02. The smallest absolute Gasteiger partial charge is 0.244 e. The molecule has 1 amide bonds. The Kier molecular flexibility index (Phi) is 9.01. The van der Waals surface area contributed by atoms with Gasteiger partial charge < -0.3 is 10.1 Å². The van der Waals surface area contributed by atoms with E-state index in [9.17, 15) is 13.2 Å². The molecule has 0 spiro atoms. The molecule has 1 saturated heterocycles. The molecule has 180 valence electrons. The molecule has 10 heteroatoms. The summed E-state index contributed by atoms with van der Waals surface area (Å²) < 4.78 is 31.7. The van der Waals surface area contributed by atoms with Crippen LogP contribution in [0.1, 0.15) is 24.5 Å². The molecule has 1 N–H and O–H groups in total. The summed E-state index contributed by atoms with van der Waals surface area (Å²) in [6.07, 6.45) is 1.34. The van der Waals surface area contributed by atoms with E-state index < -0.39 is 22.0 Å². The van der Waals surface area contributed by atoms with Crippen LogP contribution < -0.4 is 9.62 Å². The lowest BCUT2D eigenvalue weighted by molar-refractivity contribution is -0.122. The zero-order chi connectivity index (χ0) is 24.0. The van der Waals surface area contributed by atoms with Crippen LogP contribution in [0, 0.1) is 0 Å². The SMILES string of the molecule is CC[C@H](C(=O)NCc1cccc(CN2CCOCC2)c1)N(c1cc(Cl)cc(Cl)c1)S(C)(=O)=O. The van der Waals surface area contributed by atoms with Gasteiger partial charge in [0, 0.05) is 36.2 Å². The Morgan fingerprint density at radius 3 is 2.36 bits per heavy atom. The lowest BCUT2D eigenvalue weighted by atomic mass is 10.1. The minimum Gasteiger partial charge on any atom is -0.379 e. The van der Waals surface area contributed by atoms with Crippen molar-refractivity contribution in [2.24, 2.45) is 0 Å². The number of amides is 1.